The number of aromatic hydroxyl groups is 1. The summed E-state index contributed by atoms with van der Waals surface area (Å²) in [5, 5.41) is 32.9. The molecule has 10 nitrogen and oxygen atoms in total. The van der Waals surface area contributed by atoms with E-state index in [9.17, 15) is 29.9 Å². The number of nitro groups is 1. The Morgan fingerprint density at radius 2 is 1.76 bits per heavy atom. The van der Waals surface area contributed by atoms with Gasteiger partial charge < -0.3 is 19.7 Å². The number of rotatable bonds is 7. The van der Waals surface area contributed by atoms with Crippen LogP contribution in [-0.2, 0) is 9.59 Å². The van der Waals surface area contributed by atoms with Gasteiger partial charge >= 0.3 is 0 Å². The van der Waals surface area contributed by atoms with E-state index in [1.165, 1.54) is 37.4 Å². The van der Waals surface area contributed by atoms with E-state index in [1.807, 2.05) is 0 Å². The van der Waals surface area contributed by atoms with Crippen LogP contribution in [0.15, 0.2) is 66.2 Å². The molecular formula is C27H24N2O8. The van der Waals surface area contributed by atoms with Crippen LogP contribution < -0.4 is 14.4 Å². The number of aliphatic hydroxyl groups is 1. The molecule has 1 heterocycles. The molecule has 190 valence electrons. The molecule has 1 fully saturated rings. The number of aliphatic hydroxyl groups excluding tert-OH is 1. The molecule has 0 aliphatic carbocycles. The van der Waals surface area contributed by atoms with Crippen molar-refractivity contribution < 1.29 is 34.2 Å². The Labute approximate surface area is 212 Å². The summed E-state index contributed by atoms with van der Waals surface area (Å²) >= 11 is 0. The van der Waals surface area contributed by atoms with Crippen molar-refractivity contribution >= 4 is 28.8 Å². The maximum Gasteiger partial charge on any atom is 0.300 e. The summed E-state index contributed by atoms with van der Waals surface area (Å²) in [5.41, 5.74) is 0.896. The summed E-state index contributed by atoms with van der Waals surface area (Å²) in [6.45, 7) is 3.88. The number of nitrogens with zero attached hydrogens (tertiary/aromatic N) is 2. The first-order valence-corrected chi connectivity index (χ1v) is 11.3. The highest BCUT2D eigenvalue weighted by atomic mass is 16.6. The molecule has 0 bridgehead atoms. The monoisotopic (exact) mass is 504 g/mol. The topological polar surface area (TPSA) is 139 Å². The van der Waals surface area contributed by atoms with Crippen LogP contribution in [0.4, 0.5) is 11.4 Å². The molecule has 2 N–H and O–H groups in total. The lowest BCUT2D eigenvalue weighted by Crippen LogP contribution is -2.29. The fourth-order valence-corrected chi connectivity index (χ4v) is 4.25. The lowest BCUT2D eigenvalue weighted by atomic mass is 9.94. The van der Waals surface area contributed by atoms with E-state index < -0.39 is 28.4 Å². The first-order chi connectivity index (χ1) is 17.7. The van der Waals surface area contributed by atoms with E-state index in [4.69, 9.17) is 9.47 Å². The van der Waals surface area contributed by atoms with Crippen LogP contribution in [0.2, 0.25) is 0 Å². The highest BCUT2D eigenvalue weighted by Gasteiger charge is 2.48. The van der Waals surface area contributed by atoms with Crippen molar-refractivity contribution in [2.75, 3.05) is 18.6 Å². The summed E-state index contributed by atoms with van der Waals surface area (Å²) < 4.78 is 11.0. The van der Waals surface area contributed by atoms with Crippen molar-refractivity contribution in [3.63, 3.8) is 0 Å². The zero-order chi connectivity index (χ0) is 26.9. The van der Waals surface area contributed by atoms with Crippen LogP contribution in [-0.4, -0.2) is 40.5 Å². The largest absolute Gasteiger partial charge is 0.507 e. The fourth-order valence-electron chi connectivity index (χ4n) is 4.25. The standard InChI is InChI=1S/C27H24N2O8/c1-4-37-22-14-17(8-12-21(22)36-3)24-23(25(31)16-6-9-18(10-7-16)29(34)35)26(32)27(33)28(24)19-13-15(2)5-11-20(19)30/h5-14,24,30-31H,4H2,1-3H3/b25-23-. The van der Waals surface area contributed by atoms with Crippen molar-refractivity contribution in [3.05, 3.63) is 93.0 Å². The number of benzene rings is 3. The van der Waals surface area contributed by atoms with E-state index in [1.54, 1.807) is 44.2 Å². The van der Waals surface area contributed by atoms with Crippen molar-refractivity contribution in [2.45, 2.75) is 19.9 Å². The molecule has 1 atom stereocenters. The maximum atomic E-state index is 13.4. The number of carbonyl (C=O) groups excluding carboxylic acids is 2. The van der Waals surface area contributed by atoms with E-state index in [2.05, 4.69) is 0 Å². The number of aryl methyl sites for hydroxylation is 1. The van der Waals surface area contributed by atoms with Crippen LogP contribution in [0, 0.1) is 17.0 Å². The number of ketones is 1. The van der Waals surface area contributed by atoms with Crippen LogP contribution in [0.5, 0.6) is 17.2 Å². The number of anilines is 1. The number of ether oxygens (including phenoxy) is 2. The van der Waals surface area contributed by atoms with Crippen molar-refractivity contribution in [1.82, 2.24) is 0 Å². The van der Waals surface area contributed by atoms with Gasteiger partial charge in [-0.25, -0.2) is 0 Å². The number of nitro benzene ring substituents is 1. The number of methoxy groups -OCH3 is 1. The molecule has 4 rings (SSSR count). The van der Waals surface area contributed by atoms with Gasteiger partial charge in [-0.05, 0) is 61.4 Å². The molecular weight excluding hydrogens is 480 g/mol. The number of amides is 1. The van der Waals surface area contributed by atoms with Gasteiger partial charge in [-0.3, -0.25) is 24.6 Å². The van der Waals surface area contributed by atoms with Gasteiger partial charge in [-0.15, -0.1) is 0 Å². The van der Waals surface area contributed by atoms with Gasteiger partial charge in [-0.1, -0.05) is 12.1 Å². The molecule has 0 spiro atoms. The Balaban J connectivity index is 1.98. The molecule has 10 heteroatoms. The van der Waals surface area contributed by atoms with Gasteiger partial charge in [0, 0.05) is 17.7 Å². The van der Waals surface area contributed by atoms with E-state index in [0.717, 1.165) is 10.5 Å². The molecule has 1 amide bonds. The minimum absolute atomic E-state index is 0.0867. The lowest BCUT2D eigenvalue weighted by molar-refractivity contribution is -0.384. The molecule has 1 saturated heterocycles. The highest BCUT2D eigenvalue weighted by Crippen LogP contribution is 2.46. The quantitative estimate of drug-likeness (QED) is 0.156. The van der Waals surface area contributed by atoms with E-state index in [0.29, 0.717) is 23.7 Å². The number of non-ortho nitro benzene ring substituents is 1. The summed E-state index contributed by atoms with van der Waals surface area (Å²) in [6, 6.07) is 13.3. The van der Waals surface area contributed by atoms with Crippen LogP contribution >= 0.6 is 0 Å². The van der Waals surface area contributed by atoms with E-state index in [-0.39, 0.29) is 28.3 Å². The van der Waals surface area contributed by atoms with Gasteiger partial charge in [0.2, 0.25) is 0 Å². The molecule has 37 heavy (non-hydrogen) atoms. The zero-order valence-electron chi connectivity index (χ0n) is 20.3. The highest BCUT2D eigenvalue weighted by molar-refractivity contribution is 6.52. The fraction of sp³-hybridized carbons (Fsp3) is 0.185. The molecule has 0 aromatic heterocycles. The molecule has 3 aromatic carbocycles. The minimum atomic E-state index is -1.15. The van der Waals surface area contributed by atoms with Gasteiger partial charge in [-0.2, -0.15) is 0 Å². The zero-order valence-corrected chi connectivity index (χ0v) is 20.3. The Morgan fingerprint density at radius 3 is 2.38 bits per heavy atom. The Kier molecular flexibility index (Phi) is 6.83. The molecule has 1 unspecified atom stereocenters. The molecule has 0 radical (unpaired) electrons. The normalized spacial score (nSPS) is 16.6. The lowest BCUT2D eigenvalue weighted by Gasteiger charge is -2.27. The maximum absolute atomic E-state index is 13.4. The summed E-state index contributed by atoms with van der Waals surface area (Å²) in [6.07, 6.45) is 0. The average Bonchev–Trinajstić information content (AvgIpc) is 3.15. The van der Waals surface area contributed by atoms with Crippen LogP contribution in [0.3, 0.4) is 0 Å². The number of phenols is 1. The number of hydrogen-bond acceptors (Lipinski definition) is 8. The Hall–Kier alpha value is -4.86. The SMILES string of the molecule is CCOc1cc(C2/C(=C(/O)c3ccc([N+](=O)[O-])cc3)C(=O)C(=O)N2c2cc(C)ccc2O)ccc1OC. The van der Waals surface area contributed by atoms with Gasteiger partial charge in [0.15, 0.2) is 11.5 Å². The molecule has 1 aliphatic rings. The molecule has 3 aromatic rings. The number of Topliss-reactive ketones (excluding diaryl/α,β-unsaturated/α-hetero) is 1. The third-order valence-electron chi connectivity index (χ3n) is 5.99. The molecule has 1 aliphatic heterocycles. The third kappa shape index (κ3) is 4.56. The van der Waals surface area contributed by atoms with Crippen LogP contribution in [0.1, 0.15) is 29.7 Å². The van der Waals surface area contributed by atoms with Crippen molar-refractivity contribution in [2.24, 2.45) is 0 Å². The summed E-state index contributed by atoms with van der Waals surface area (Å²) in [4.78, 5) is 38.3. The van der Waals surface area contributed by atoms with E-state index >= 15 is 0 Å². The first kappa shape index (κ1) is 25.2. The minimum Gasteiger partial charge on any atom is -0.507 e. The predicted molar refractivity (Wildman–Crippen MR) is 135 cm³/mol. The second-order valence-corrected chi connectivity index (χ2v) is 8.31. The third-order valence-corrected chi connectivity index (χ3v) is 5.99. The van der Waals surface area contributed by atoms with Crippen molar-refractivity contribution in [3.8, 4) is 17.2 Å². The van der Waals surface area contributed by atoms with Gasteiger partial charge in [0.1, 0.15) is 11.5 Å². The number of phenolic OH excluding ortho intramolecular Hbond substituents is 1. The smallest absolute Gasteiger partial charge is 0.300 e. The first-order valence-electron chi connectivity index (χ1n) is 11.3. The second kappa shape index (κ2) is 10.0. The summed E-state index contributed by atoms with van der Waals surface area (Å²) in [7, 11) is 1.48. The second-order valence-electron chi connectivity index (χ2n) is 8.31. The predicted octanol–water partition coefficient (Wildman–Crippen LogP) is 4.64. The van der Waals surface area contributed by atoms with Crippen LogP contribution in [0.25, 0.3) is 5.76 Å². The Bertz CT molecular complexity index is 1430. The van der Waals surface area contributed by atoms with Crippen molar-refractivity contribution in [1.29, 1.82) is 0 Å². The number of carbonyl (C=O) groups is 2. The average molecular weight is 504 g/mol. The van der Waals surface area contributed by atoms with Gasteiger partial charge in [0.25, 0.3) is 17.4 Å². The Morgan fingerprint density at radius 1 is 1.05 bits per heavy atom. The summed E-state index contributed by atoms with van der Waals surface area (Å²) in [5.74, 6) is -1.89. The number of hydrogen-bond donors (Lipinski definition) is 2. The molecule has 0 saturated carbocycles. The van der Waals surface area contributed by atoms with Gasteiger partial charge in [0.05, 0.1) is 35.9 Å².